The summed E-state index contributed by atoms with van der Waals surface area (Å²) in [6.07, 6.45) is 14.4. The average molecular weight is 381 g/mol. The van der Waals surface area contributed by atoms with E-state index in [4.69, 9.17) is 9.47 Å². The molecule has 0 amide bonds. The first-order valence-electron chi connectivity index (χ1n) is 7.65. The molecule has 0 aromatic heterocycles. The van der Waals surface area contributed by atoms with Gasteiger partial charge in [-0.25, -0.2) is 0 Å². The molecule has 0 aromatic rings. The van der Waals surface area contributed by atoms with Crippen LogP contribution in [0.1, 0.15) is 39.0 Å². The zero-order valence-corrected chi connectivity index (χ0v) is 19.0. The molecule has 112 valence electrons. The third-order valence-electron chi connectivity index (χ3n) is 3.81. The zero-order chi connectivity index (χ0) is 14.8. The number of methoxy groups -OCH3 is 2. The van der Waals surface area contributed by atoms with Crippen LogP contribution in [0.2, 0.25) is 3.67 Å². The number of hydrogen-bond acceptors (Lipinski definition) is 3. The molecule has 0 fully saturated rings. The minimum atomic E-state index is 0.232. The van der Waals surface area contributed by atoms with Gasteiger partial charge < -0.3 is 0 Å². The SMILES string of the molecule is CCCC(OC)C(CC[CH]([InH2])C=C1C=CN=CC1)OC. The standard InChI is InChI=1S/C16H26NO2.In.2H/c1-4-7-15(18-2)16(19-3)9-6-5-8-14-10-12-17-13-11-14;;;/h5,8,10,12-13,15-16H,4,6-7,9,11H2,1-3H3;;;. The van der Waals surface area contributed by atoms with E-state index in [1.807, 2.05) is 12.4 Å². The molecular formula is C16H28InNO2. The Bertz CT molecular complexity index is 352. The Labute approximate surface area is 138 Å². The third-order valence-corrected chi connectivity index (χ3v) is 6.40. The van der Waals surface area contributed by atoms with Crippen molar-refractivity contribution >= 4 is 30.6 Å². The second-order valence-electron chi connectivity index (χ2n) is 5.48. The van der Waals surface area contributed by atoms with Gasteiger partial charge in [0, 0.05) is 0 Å². The molecule has 0 spiro atoms. The molecule has 20 heavy (non-hydrogen) atoms. The van der Waals surface area contributed by atoms with Gasteiger partial charge in [-0.3, -0.25) is 0 Å². The summed E-state index contributed by atoms with van der Waals surface area (Å²) >= 11 is 0.624. The summed E-state index contributed by atoms with van der Waals surface area (Å²) in [5, 5.41) is 0. The van der Waals surface area contributed by atoms with Gasteiger partial charge in [0.05, 0.1) is 0 Å². The number of allylic oxidation sites excluding steroid dienone is 3. The van der Waals surface area contributed by atoms with E-state index >= 15 is 0 Å². The Morgan fingerprint density at radius 2 is 1.95 bits per heavy atom. The van der Waals surface area contributed by atoms with Gasteiger partial charge in [-0.2, -0.15) is 0 Å². The molecule has 4 heteroatoms. The van der Waals surface area contributed by atoms with Crippen molar-refractivity contribution in [2.45, 2.75) is 54.9 Å². The van der Waals surface area contributed by atoms with Crippen molar-refractivity contribution in [2.75, 3.05) is 14.2 Å². The molecule has 0 radical (unpaired) electrons. The number of aliphatic imine (C=N–C) groups is 1. The molecule has 3 atom stereocenters. The molecule has 0 aliphatic carbocycles. The maximum absolute atomic E-state index is 5.64. The Morgan fingerprint density at radius 1 is 1.25 bits per heavy atom. The van der Waals surface area contributed by atoms with Crippen LogP contribution in [0, 0.1) is 0 Å². The van der Waals surface area contributed by atoms with E-state index in [1.54, 1.807) is 14.2 Å². The summed E-state index contributed by atoms with van der Waals surface area (Å²) in [6.45, 7) is 2.19. The van der Waals surface area contributed by atoms with E-state index in [2.05, 4.69) is 24.1 Å². The van der Waals surface area contributed by atoms with Gasteiger partial charge in [0.25, 0.3) is 0 Å². The van der Waals surface area contributed by atoms with Gasteiger partial charge in [0.1, 0.15) is 0 Å². The summed E-state index contributed by atoms with van der Waals surface area (Å²) in [6, 6.07) is 0. The molecule has 1 heterocycles. The van der Waals surface area contributed by atoms with Gasteiger partial charge in [0.15, 0.2) is 0 Å². The molecule has 0 aromatic carbocycles. The fourth-order valence-electron chi connectivity index (χ4n) is 2.62. The Hall–Kier alpha value is -0.0599. The Balaban J connectivity index is 2.42. The van der Waals surface area contributed by atoms with E-state index in [-0.39, 0.29) is 12.2 Å². The van der Waals surface area contributed by atoms with Crippen LogP contribution in [0.25, 0.3) is 0 Å². The number of nitrogens with zero attached hydrogens (tertiary/aromatic N) is 1. The zero-order valence-electron chi connectivity index (χ0n) is 13.3. The molecule has 3 unspecified atom stereocenters. The van der Waals surface area contributed by atoms with E-state index in [1.165, 1.54) is 12.0 Å². The first kappa shape index (κ1) is 18.0. The minimum absolute atomic E-state index is 0.232. The normalized spacial score (nSPS) is 21.1. The Morgan fingerprint density at radius 3 is 2.50 bits per heavy atom. The Kier molecular flexibility index (Phi) is 9.57. The molecule has 0 saturated heterocycles. The fourth-order valence-corrected chi connectivity index (χ4v) is 4.79. The van der Waals surface area contributed by atoms with Crippen molar-refractivity contribution in [3.63, 3.8) is 0 Å². The summed E-state index contributed by atoms with van der Waals surface area (Å²) < 4.78 is 12.0. The van der Waals surface area contributed by atoms with Crippen LogP contribution in [0.3, 0.4) is 0 Å². The van der Waals surface area contributed by atoms with Gasteiger partial charge in [-0.15, -0.1) is 0 Å². The van der Waals surface area contributed by atoms with E-state index < -0.39 is 0 Å². The number of hydrogen-bond donors (Lipinski definition) is 0. The van der Waals surface area contributed by atoms with Crippen molar-refractivity contribution in [1.29, 1.82) is 0 Å². The van der Waals surface area contributed by atoms with Crippen molar-refractivity contribution in [1.82, 2.24) is 0 Å². The summed E-state index contributed by atoms with van der Waals surface area (Å²) in [5.41, 5.74) is 1.41. The summed E-state index contributed by atoms with van der Waals surface area (Å²) in [4.78, 5) is 4.11. The average Bonchev–Trinajstić information content (AvgIpc) is 2.47. The van der Waals surface area contributed by atoms with Crippen LogP contribution in [0.15, 0.2) is 28.9 Å². The summed E-state index contributed by atoms with van der Waals surface area (Å²) in [5.74, 6) is 0. The first-order chi connectivity index (χ1) is 9.71. The second-order valence-corrected chi connectivity index (χ2v) is 9.72. The van der Waals surface area contributed by atoms with Gasteiger partial charge in [-0.05, 0) is 0 Å². The van der Waals surface area contributed by atoms with E-state index in [9.17, 15) is 0 Å². The van der Waals surface area contributed by atoms with Crippen LogP contribution in [0.5, 0.6) is 0 Å². The molecule has 1 aliphatic rings. The van der Waals surface area contributed by atoms with E-state index in [0.717, 1.165) is 29.4 Å². The molecule has 1 rings (SSSR count). The van der Waals surface area contributed by atoms with Gasteiger partial charge >= 0.3 is 138 Å². The van der Waals surface area contributed by atoms with Crippen LogP contribution >= 0.6 is 0 Å². The predicted octanol–water partition coefficient (Wildman–Crippen LogP) is 2.93. The summed E-state index contributed by atoms with van der Waals surface area (Å²) in [7, 11) is 3.60. The first-order valence-corrected chi connectivity index (χ1v) is 10.9. The van der Waals surface area contributed by atoms with Crippen LogP contribution in [0.4, 0.5) is 0 Å². The van der Waals surface area contributed by atoms with Crippen LogP contribution in [-0.4, -0.2) is 57.0 Å². The number of rotatable bonds is 9. The fraction of sp³-hybridized carbons (Fsp3) is 0.688. The van der Waals surface area contributed by atoms with E-state index in [0.29, 0.717) is 24.4 Å². The second kappa shape index (κ2) is 10.6. The molecule has 0 N–H and O–H groups in total. The van der Waals surface area contributed by atoms with Crippen molar-refractivity contribution < 1.29 is 9.47 Å². The van der Waals surface area contributed by atoms with Crippen molar-refractivity contribution in [2.24, 2.45) is 4.99 Å². The quantitative estimate of drug-likeness (QED) is 0.615. The third kappa shape index (κ3) is 6.59. The topological polar surface area (TPSA) is 30.8 Å². The maximum atomic E-state index is 5.64. The molecule has 1 aliphatic heterocycles. The molecule has 3 nitrogen and oxygen atoms in total. The number of ether oxygens (including phenoxy) is 2. The predicted molar refractivity (Wildman–Crippen MR) is 88.4 cm³/mol. The molecule has 0 saturated carbocycles. The van der Waals surface area contributed by atoms with Crippen molar-refractivity contribution in [3.8, 4) is 0 Å². The van der Waals surface area contributed by atoms with Gasteiger partial charge in [-0.1, -0.05) is 0 Å². The van der Waals surface area contributed by atoms with Crippen molar-refractivity contribution in [3.05, 3.63) is 23.9 Å². The monoisotopic (exact) mass is 381 g/mol. The molecule has 0 bridgehead atoms. The molecular weight excluding hydrogens is 353 g/mol. The van der Waals surface area contributed by atoms with Crippen LogP contribution in [-0.2, 0) is 9.47 Å². The van der Waals surface area contributed by atoms with Crippen LogP contribution < -0.4 is 0 Å². The van der Waals surface area contributed by atoms with Gasteiger partial charge in [0.2, 0.25) is 0 Å².